The summed E-state index contributed by atoms with van der Waals surface area (Å²) in [7, 11) is 0. The molecule has 10 heteroatoms. The second-order valence-corrected chi connectivity index (χ2v) is 7.14. The number of benzene rings is 1. The van der Waals surface area contributed by atoms with E-state index >= 15 is 0 Å². The molecular formula is C19H19Cl3N4O3. The molecule has 2 heterocycles. The van der Waals surface area contributed by atoms with Crippen LogP contribution in [0.5, 0.6) is 0 Å². The van der Waals surface area contributed by atoms with Crippen molar-refractivity contribution in [3.8, 4) is 0 Å². The molecule has 2 amide bonds. The molecule has 29 heavy (non-hydrogen) atoms. The molecule has 0 spiro atoms. The average molecular weight is 458 g/mol. The van der Waals surface area contributed by atoms with Crippen LogP contribution in [-0.2, 0) is 4.79 Å². The van der Waals surface area contributed by atoms with Gasteiger partial charge in [0.25, 0.3) is 11.8 Å². The van der Waals surface area contributed by atoms with Crippen LogP contribution in [-0.4, -0.2) is 46.0 Å². The Hall–Kier alpha value is -2.32. The van der Waals surface area contributed by atoms with Crippen LogP contribution in [0.15, 0.2) is 42.6 Å². The van der Waals surface area contributed by atoms with Gasteiger partial charge in [-0.25, -0.2) is 10.5 Å². The average Bonchev–Trinajstić information content (AvgIpc) is 3.16. The number of carbonyl (C=O) groups excluding carboxylic acids is 2. The Morgan fingerprint density at radius 2 is 2.07 bits per heavy atom. The van der Waals surface area contributed by atoms with E-state index in [1.54, 1.807) is 41.4 Å². The molecule has 0 saturated carbocycles. The molecule has 0 aliphatic carbocycles. The number of pyridine rings is 1. The van der Waals surface area contributed by atoms with E-state index in [4.69, 9.17) is 28.4 Å². The highest BCUT2D eigenvalue weighted by Gasteiger charge is 2.27. The first-order chi connectivity index (χ1) is 13.5. The Balaban J connectivity index is 0.00000300. The maximum Gasteiger partial charge on any atom is 0.267 e. The van der Waals surface area contributed by atoms with Crippen molar-refractivity contribution >= 4 is 59.3 Å². The second kappa shape index (κ2) is 10.5. The minimum Gasteiger partial charge on any atom is -0.364 e. The Morgan fingerprint density at radius 1 is 1.28 bits per heavy atom. The highest BCUT2D eigenvalue weighted by Crippen LogP contribution is 2.24. The summed E-state index contributed by atoms with van der Waals surface area (Å²) in [6.07, 6.45) is 4.97. The van der Waals surface area contributed by atoms with Gasteiger partial charge in [0.2, 0.25) is 0 Å². The van der Waals surface area contributed by atoms with Crippen LogP contribution in [0.4, 0.5) is 5.82 Å². The van der Waals surface area contributed by atoms with Crippen LogP contribution < -0.4 is 10.8 Å². The van der Waals surface area contributed by atoms with Crippen LogP contribution in [0.2, 0.25) is 10.0 Å². The van der Waals surface area contributed by atoms with Gasteiger partial charge in [-0.2, -0.15) is 0 Å². The zero-order valence-electron chi connectivity index (χ0n) is 15.1. The third-order valence-corrected chi connectivity index (χ3v) is 4.81. The molecule has 0 unspecified atom stereocenters. The lowest BCUT2D eigenvalue weighted by Crippen LogP contribution is -2.31. The molecule has 1 atom stereocenters. The third kappa shape index (κ3) is 6.08. The van der Waals surface area contributed by atoms with Gasteiger partial charge in [0.05, 0.1) is 5.02 Å². The summed E-state index contributed by atoms with van der Waals surface area (Å²) in [6.45, 7) is 1.15. The second-order valence-electron chi connectivity index (χ2n) is 6.30. The highest BCUT2D eigenvalue weighted by atomic mass is 35.5. The highest BCUT2D eigenvalue weighted by molar-refractivity contribution is 6.33. The normalized spacial score (nSPS) is 15.8. The van der Waals surface area contributed by atoms with Gasteiger partial charge in [0, 0.05) is 42.0 Å². The van der Waals surface area contributed by atoms with Crippen LogP contribution in [0.3, 0.4) is 0 Å². The zero-order valence-corrected chi connectivity index (χ0v) is 17.5. The van der Waals surface area contributed by atoms with Crippen molar-refractivity contribution in [2.24, 2.45) is 0 Å². The molecular weight excluding hydrogens is 439 g/mol. The topological polar surface area (TPSA) is 94.6 Å². The van der Waals surface area contributed by atoms with Gasteiger partial charge in [0.15, 0.2) is 0 Å². The van der Waals surface area contributed by atoms with Gasteiger partial charge in [-0.3, -0.25) is 14.8 Å². The molecule has 0 radical (unpaired) electrons. The number of amides is 2. The molecule has 1 aliphatic heterocycles. The molecule has 2 aromatic rings. The first kappa shape index (κ1) is 23.0. The summed E-state index contributed by atoms with van der Waals surface area (Å²) in [5.74, 6) is -0.199. The largest absolute Gasteiger partial charge is 0.364 e. The number of nitrogens with zero attached hydrogens (tertiary/aromatic N) is 2. The maximum absolute atomic E-state index is 12.6. The minimum atomic E-state index is -0.645. The molecule has 3 rings (SSSR count). The van der Waals surface area contributed by atoms with Crippen LogP contribution in [0, 0.1) is 0 Å². The number of aromatic nitrogens is 1. The molecule has 154 valence electrons. The van der Waals surface area contributed by atoms with E-state index in [9.17, 15) is 9.59 Å². The van der Waals surface area contributed by atoms with Gasteiger partial charge in [-0.15, -0.1) is 12.4 Å². The van der Waals surface area contributed by atoms with Gasteiger partial charge >= 0.3 is 0 Å². The van der Waals surface area contributed by atoms with Crippen molar-refractivity contribution in [1.29, 1.82) is 0 Å². The van der Waals surface area contributed by atoms with Crippen LogP contribution in [0.1, 0.15) is 22.3 Å². The number of carbonyl (C=O) groups is 2. The number of hydrogen-bond acceptors (Lipinski definition) is 5. The van der Waals surface area contributed by atoms with E-state index in [2.05, 4.69) is 10.3 Å². The fraction of sp³-hybridized carbons (Fsp3) is 0.211. The molecule has 1 aromatic carbocycles. The van der Waals surface area contributed by atoms with Crippen molar-refractivity contribution in [2.75, 3.05) is 18.4 Å². The summed E-state index contributed by atoms with van der Waals surface area (Å²) in [5, 5.41) is 12.7. The summed E-state index contributed by atoms with van der Waals surface area (Å²) in [6, 6.07) is 8.57. The van der Waals surface area contributed by atoms with Crippen molar-refractivity contribution < 1.29 is 14.8 Å². The molecule has 1 aliphatic rings. The van der Waals surface area contributed by atoms with Gasteiger partial charge in [0.1, 0.15) is 5.82 Å². The number of halogens is 3. The van der Waals surface area contributed by atoms with E-state index in [0.29, 0.717) is 40.1 Å². The fourth-order valence-corrected chi connectivity index (χ4v) is 3.34. The van der Waals surface area contributed by atoms with Crippen molar-refractivity contribution in [3.63, 3.8) is 0 Å². The minimum absolute atomic E-state index is 0. The van der Waals surface area contributed by atoms with Gasteiger partial charge in [-0.1, -0.05) is 29.3 Å². The van der Waals surface area contributed by atoms with Gasteiger partial charge < -0.3 is 10.2 Å². The number of hydroxylamine groups is 1. The van der Waals surface area contributed by atoms with Crippen LogP contribution in [0.25, 0.3) is 6.08 Å². The number of rotatable bonds is 5. The molecule has 1 fully saturated rings. The van der Waals surface area contributed by atoms with E-state index in [0.717, 1.165) is 12.5 Å². The number of likely N-dealkylation sites (tertiary alicyclic amines) is 1. The molecule has 7 nitrogen and oxygen atoms in total. The van der Waals surface area contributed by atoms with Crippen molar-refractivity contribution in [2.45, 2.75) is 12.5 Å². The number of nitrogens with one attached hydrogen (secondary N) is 2. The first-order valence-corrected chi connectivity index (χ1v) is 9.31. The van der Waals surface area contributed by atoms with Crippen molar-refractivity contribution in [3.05, 3.63) is 63.8 Å². The lowest BCUT2D eigenvalue weighted by Gasteiger charge is -2.18. The molecule has 1 aromatic heterocycles. The van der Waals surface area contributed by atoms with Gasteiger partial charge in [-0.05, 0) is 42.3 Å². The van der Waals surface area contributed by atoms with Crippen LogP contribution >= 0.6 is 35.6 Å². The summed E-state index contributed by atoms with van der Waals surface area (Å²) in [4.78, 5) is 29.7. The monoisotopic (exact) mass is 456 g/mol. The standard InChI is InChI=1S/C19H18Cl2N4O3.ClH/c20-14-3-1-2-13(9-14)19(27)25-7-6-15(11-25)23-18-16(21)8-12(10-22-18)4-5-17(26)24-28;/h1-5,8-10,15,28H,6-7,11H2,(H,22,23)(H,24,26);1H/t15-;/m1./s1. The Morgan fingerprint density at radius 3 is 2.76 bits per heavy atom. The Kier molecular flexibility index (Phi) is 8.28. The maximum atomic E-state index is 12.6. The molecule has 3 N–H and O–H groups in total. The predicted octanol–water partition coefficient (Wildman–Crippen LogP) is 3.66. The van der Waals surface area contributed by atoms with E-state index in [1.807, 2.05) is 0 Å². The van der Waals surface area contributed by atoms with E-state index in [1.165, 1.54) is 11.6 Å². The predicted molar refractivity (Wildman–Crippen MR) is 115 cm³/mol. The third-order valence-electron chi connectivity index (χ3n) is 4.29. The summed E-state index contributed by atoms with van der Waals surface area (Å²) in [5.41, 5.74) is 2.68. The first-order valence-electron chi connectivity index (χ1n) is 8.55. The number of anilines is 1. The zero-order chi connectivity index (χ0) is 20.1. The molecule has 1 saturated heterocycles. The lowest BCUT2D eigenvalue weighted by atomic mass is 10.2. The van der Waals surface area contributed by atoms with Crippen molar-refractivity contribution in [1.82, 2.24) is 15.4 Å². The lowest BCUT2D eigenvalue weighted by molar-refractivity contribution is -0.124. The smallest absolute Gasteiger partial charge is 0.267 e. The molecule has 0 bridgehead atoms. The summed E-state index contributed by atoms with van der Waals surface area (Å²) >= 11 is 12.2. The Labute approximate surface area is 184 Å². The van der Waals surface area contributed by atoms with E-state index in [-0.39, 0.29) is 24.4 Å². The Bertz CT molecular complexity index is 923. The quantitative estimate of drug-likeness (QED) is 0.362. The fourth-order valence-electron chi connectivity index (χ4n) is 2.92. The van der Waals surface area contributed by atoms with E-state index < -0.39 is 5.91 Å². The number of hydrogen-bond donors (Lipinski definition) is 3. The summed E-state index contributed by atoms with van der Waals surface area (Å²) < 4.78 is 0. The SMILES string of the molecule is Cl.O=C(C=Cc1cnc(N[C@@H]2CCN(C(=O)c3cccc(Cl)c3)C2)c(Cl)c1)NO.